The number of anilines is 5. The summed E-state index contributed by atoms with van der Waals surface area (Å²) in [6, 6.07) is 69.6. The number of nitrogens with zero attached hydrogens (tertiary/aromatic N) is 2. The molecule has 224 valence electrons. The van der Waals surface area contributed by atoms with Crippen LogP contribution in [0.1, 0.15) is 5.56 Å². The van der Waals surface area contributed by atoms with Gasteiger partial charge in [0.15, 0.2) is 0 Å². The average Bonchev–Trinajstić information content (AvgIpc) is 3.15. The third-order valence-electron chi connectivity index (χ3n) is 8.87. The van der Waals surface area contributed by atoms with E-state index in [1.54, 1.807) is 0 Å². The van der Waals surface area contributed by atoms with Gasteiger partial charge in [0.05, 0.1) is 0 Å². The van der Waals surface area contributed by atoms with E-state index in [1.165, 1.54) is 49.6 Å². The zero-order valence-electron chi connectivity index (χ0n) is 26.1. The van der Waals surface area contributed by atoms with Crippen LogP contribution < -0.4 is 9.80 Å². The van der Waals surface area contributed by atoms with Crippen LogP contribution in [0.25, 0.3) is 32.7 Å². The summed E-state index contributed by atoms with van der Waals surface area (Å²) < 4.78 is 0. The largest absolute Gasteiger partial charge is 0.337 e. The van der Waals surface area contributed by atoms with E-state index in [0.717, 1.165) is 23.6 Å². The SMILES string of the molecule is c1ccc(N(Cc2ccc(-c3ccc(N(c4ccccc4)c4ccc5ccccc5c4)cc3)cc2)c2ccc3ccccc3c2)cc1. The zero-order valence-corrected chi connectivity index (χ0v) is 26.1. The van der Waals surface area contributed by atoms with Gasteiger partial charge in [-0.3, -0.25) is 0 Å². The second-order valence-electron chi connectivity index (χ2n) is 11.9. The molecule has 0 saturated heterocycles. The van der Waals surface area contributed by atoms with Gasteiger partial charge in [-0.25, -0.2) is 0 Å². The lowest BCUT2D eigenvalue weighted by Crippen LogP contribution is -2.16. The van der Waals surface area contributed by atoms with Crippen LogP contribution in [0.15, 0.2) is 194 Å². The lowest BCUT2D eigenvalue weighted by atomic mass is 10.0. The summed E-state index contributed by atoms with van der Waals surface area (Å²) in [5.41, 5.74) is 9.42. The molecule has 8 rings (SSSR count). The molecule has 0 aromatic heterocycles. The van der Waals surface area contributed by atoms with Crippen molar-refractivity contribution in [3.05, 3.63) is 200 Å². The highest BCUT2D eigenvalue weighted by Gasteiger charge is 2.14. The second kappa shape index (κ2) is 12.7. The van der Waals surface area contributed by atoms with Gasteiger partial charge in [0.25, 0.3) is 0 Å². The highest BCUT2D eigenvalue weighted by Crippen LogP contribution is 2.37. The van der Waals surface area contributed by atoms with Gasteiger partial charge in [-0.2, -0.15) is 0 Å². The number of benzene rings is 8. The number of para-hydroxylation sites is 2. The molecule has 0 fully saturated rings. The van der Waals surface area contributed by atoms with E-state index in [-0.39, 0.29) is 0 Å². The average molecular weight is 603 g/mol. The zero-order chi connectivity index (χ0) is 31.4. The molecule has 0 heterocycles. The number of hydrogen-bond acceptors (Lipinski definition) is 2. The van der Waals surface area contributed by atoms with Crippen LogP contribution in [-0.4, -0.2) is 0 Å². The van der Waals surface area contributed by atoms with Crippen LogP contribution in [-0.2, 0) is 6.54 Å². The molecule has 0 bridgehead atoms. The second-order valence-corrected chi connectivity index (χ2v) is 11.9. The quantitative estimate of drug-likeness (QED) is 0.171. The van der Waals surface area contributed by atoms with Crippen molar-refractivity contribution in [1.82, 2.24) is 0 Å². The molecule has 0 unspecified atom stereocenters. The van der Waals surface area contributed by atoms with E-state index < -0.39 is 0 Å². The minimum atomic E-state index is 0.777. The molecule has 2 nitrogen and oxygen atoms in total. The van der Waals surface area contributed by atoms with Crippen LogP contribution in [0.5, 0.6) is 0 Å². The van der Waals surface area contributed by atoms with E-state index in [2.05, 4.69) is 204 Å². The van der Waals surface area contributed by atoms with Crippen molar-refractivity contribution in [1.29, 1.82) is 0 Å². The van der Waals surface area contributed by atoms with E-state index in [9.17, 15) is 0 Å². The van der Waals surface area contributed by atoms with Crippen LogP contribution in [0, 0.1) is 0 Å². The number of rotatable bonds is 8. The summed E-state index contributed by atoms with van der Waals surface area (Å²) in [5, 5.41) is 4.97. The monoisotopic (exact) mass is 602 g/mol. The Labute approximate surface area is 276 Å². The minimum absolute atomic E-state index is 0.777. The van der Waals surface area contributed by atoms with Crippen LogP contribution in [0.3, 0.4) is 0 Å². The fourth-order valence-electron chi connectivity index (χ4n) is 6.41. The van der Waals surface area contributed by atoms with Gasteiger partial charge in [0.1, 0.15) is 0 Å². The van der Waals surface area contributed by atoms with Crippen molar-refractivity contribution >= 4 is 50.0 Å². The maximum absolute atomic E-state index is 2.39. The fraction of sp³-hybridized carbons (Fsp3) is 0.0222. The Morgan fingerprint density at radius 2 is 0.723 bits per heavy atom. The first kappa shape index (κ1) is 28.4. The molecule has 0 aliphatic heterocycles. The molecule has 0 aliphatic rings. The summed E-state index contributed by atoms with van der Waals surface area (Å²) >= 11 is 0. The minimum Gasteiger partial charge on any atom is -0.337 e. The topological polar surface area (TPSA) is 6.48 Å². The molecule has 0 radical (unpaired) electrons. The predicted octanol–water partition coefficient (Wildman–Crippen LogP) is 12.5. The molecule has 47 heavy (non-hydrogen) atoms. The van der Waals surface area contributed by atoms with Crippen molar-refractivity contribution in [2.24, 2.45) is 0 Å². The summed E-state index contributed by atoms with van der Waals surface area (Å²) in [6.07, 6.45) is 0. The highest BCUT2D eigenvalue weighted by atomic mass is 15.1. The van der Waals surface area contributed by atoms with Crippen LogP contribution in [0.4, 0.5) is 28.4 Å². The maximum Gasteiger partial charge on any atom is 0.0481 e. The van der Waals surface area contributed by atoms with Crippen molar-refractivity contribution in [2.75, 3.05) is 9.80 Å². The van der Waals surface area contributed by atoms with Crippen LogP contribution in [0.2, 0.25) is 0 Å². The summed E-state index contributed by atoms with van der Waals surface area (Å²) in [7, 11) is 0. The first-order chi connectivity index (χ1) is 23.3. The first-order valence-electron chi connectivity index (χ1n) is 16.1. The summed E-state index contributed by atoms with van der Waals surface area (Å²) in [5.74, 6) is 0. The van der Waals surface area contributed by atoms with Crippen LogP contribution >= 0.6 is 0 Å². The summed E-state index contributed by atoms with van der Waals surface area (Å²) in [6.45, 7) is 0.777. The molecule has 8 aromatic rings. The third kappa shape index (κ3) is 5.97. The normalized spacial score (nSPS) is 11.1. The standard InChI is InChI=1S/C45H34N2/c1-3-15-41(16-4-1)46(44-29-25-35-11-7-9-13-39(35)31-44)33-34-19-21-37(22-20-34)38-23-27-43(28-24-38)47(42-17-5-2-6-18-42)45-30-26-36-12-8-10-14-40(36)32-45/h1-32H,33H2. The molecular weight excluding hydrogens is 569 g/mol. The van der Waals surface area contributed by atoms with Gasteiger partial charge in [-0.1, -0.05) is 133 Å². The van der Waals surface area contributed by atoms with E-state index in [4.69, 9.17) is 0 Å². The Morgan fingerprint density at radius 1 is 0.298 bits per heavy atom. The Bertz CT molecular complexity index is 2260. The van der Waals surface area contributed by atoms with Gasteiger partial charge in [0, 0.05) is 35.0 Å². The predicted molar refractivity (Wildman–Crippen MR) is 200 cm³/mol. The summed E-state index contributed by atoms with van der Waals surface area (Å²) in [4.78, 5) is 4.71. The fourth-order valence-corrected chi connectivity index (χ4v) is 6.41. The lowest BCUT2D eigenvalue weighted by molar-refractivity contribution is 0.977. The first-order valence-corrected chi connectivity index (χ1v) is 16.1. The Kier molecular flexibility index (Phi) is 7.67. The van der Waals surface area contributed by atoms with Gasteiger partial charge in [-0.15, -0.1) is 0 Å². The molecule has 0 aliphatic carbocycles. The maximum atomic E-state index is 2.39. The van der Waals surface area contributed by atoms with Gasteiger partial charge in [-0.05, 0) is 98.9 Å². The lowest BCUT2D eigenvalue weighted by Gasteiger charge is -2.26. The number of hydrogen-bond donors (Lipinski definition) is 0. The molecule has 0 atom stereocenters. The van der Waals surface area contributed by atoms with Crippen molar-refractivity contribution < 1.29 is 0 Å². The van der Waals surface area contributed by atoms with E-state index in [0.29, 0.717) is 0 Å². The van der Waals surface area contributed by atoms with Gasteiger partial charge >= 0.3 is 0 Å². The Morgan fingerprint density at radius 3 is 1.32 bits per heavy atom. The molecular formula is C45H34N2. The molecule has 0 spiro atoms. The third-order valence-corrected chi connectivity index (χ3v) is 8.87. The Balaban J connectivity index is 1.07. The highest BCUT2D eigenvalue weighted by molar-refractivity contribution is 5.90. The van der Waals surface area contributed by atoms with Crippen molar-refractivity contribution in [2.45, 2.75) is 6.54 Å². The number of fused-ring (bicyclic) bond motifs is 2. The molecule has 0 N–H and O–H groups in total. The van der Waals surface area contributed by atoms with Gasteiger partial charge in [0.2, 0.25) is 0 Å². The van der Waals surface area contributed by atoms with Crippen molar-refractivity contribution in [3.8, 4) is 11.1 Å². The smallest absolute Gasteiger partial charge is 0.0481 e. The Hall–Kier alpha value is -6.12. The van der Waals surface area contributed by atoms with Crippen molar-refractivity contribution in [3.63, 3.8) is 0 Å². The van der Waals surface area contributed by atoms with E-state index in [1.807, 2.05) is 0 Å². The molecule has 0 saturated carbocycles. The van der Waals surface area contributed by atoms with Gasteiger partial charge < -0.3 is 9.80 Å². The molecule has 0 amide bonds. The molecule has 2 heteroatoms. The molecule has 8 aromatic carbocycles. The van der Waals surface area contributed by atoms with E-state index >= 15 is 0 Å².